The molecule has 0 radical (unpaired) electrons. The summed E-state index contributed by atoms with van der Waals surface area (Å²) in [5.41, 5.74) is 3.15. The Morgan fingerprint density at radius 1 is 1.03 bits per heavy atom. The molecule has 0 saturated carbocycles. The van der Waals surface area contributed by atoms with Crippen molar-refractivity contribution in [2.75, 3.05) is 20.4 Å². The number of rotatable bonds is 8. The lowest BCUT2D eigenvalue weighted by atomic mass is 10.2. The summed E-state index contributed by atoms with van der Waals surface area (Å²) < 4.78 is 0.946. The van der Waals surface area contributed by atoms with Crippen LogP contribution < -0.4 is 16.0 Å². The zero-order valence-electron chi connectivity index (χ0n) is 16.9. The van der Waals surface area contributed by atoms with Crippen molar-refractivity contribution in [3.63, 3.8) is 0 Å². The Balaban J connectivity index is 1.64. The summed E-state index contributed by atoms with van der Waals surface area (Å²) in [5, 5.41) is 17.5. The summed E-state index contributed by atoms with van der Waals surface area (Å²) in [7, 11) is 0. The van der Waals surface area contributed by atoms with Crippen LogP contribution in [0.3, 0.4) is 0 Å². The average molecular weight is 527 g/mol. The predicted octanol–water partition coefficient (Wildman–Crippen LogP) is 5.30. The number of nitrogens with one attached hydrogen (secondary N) is 4. The minimum atomic E-state index is -0.0124. The van der Waals surface area contributed by atoms with Gasteiger partial charge in [-0.25, -0.2) is 4.98 Å². The van der Waals surface area contributed by atoms with Crippen molar-refractivity contribution in [2.24, 2.45) is 0 Å². The summed E-state index contributed by atoms with van der Waals surface area (Å²) in [5.74, 6) is 1.72. The molecule has 1 amide bonds. The number of amides is 1. The van der Waals surface area contributed by atoms with Crippen LogP contribution in [0.25, 0.3) is 10.9 Å². The van der Waals surface area contributed by atoms with E-state index in [4.69, 9.17) is 0 Å². The second kappa shape index (κ2) is 9.73. The number of carbonyl (C=O) groups excluding carboxylic acids is 1. The number of aromatic nitrogens is 4. The quantitative estimate of drug-likeness (QED) is 0.183. The normalized spacial score (nSPS) is 10.8. The number of halogens is 1. The fourth-order valence-electron chi connectivity index (χ4n) is 3.09. The summed E-state index contributed by atoms with van der Waals surface area (Å²) in [6.07, 6.45) is 1.33. The van der Waals surface area contributed by atoms with Gasteiger partial charge in [0.05, 0.1) is 16.9 Å². The van der Waals surface area contributed by atoms with Crippen LogP contribution in [-0.4, -0.2) is 30.5 Å². The van der Waals surface area contributed by atoms with Gasteiger partial charge >= 0.3 is 0 Å². The molecule has 0 aliphatic heterocycles. The Bertz CT molecular complexity index is 1210. The lowest BCUT2D eigenvalue weighted by molar-refractivity contribution is -0.116. The molecule has 4 rings (SSSR count). The van der Waals surface area contributed by atoms with Crippen molar-refractivity contribution < 1.29 is 4.79 Å². The topological polar surface area (TPSA) is 108 Å². The highest BCUT2D eigenvalue weighted by Crippen LogP contribution is 2.28. The van der Waals surface area contributed by atoms with Gasteiger partial charge < -0.3 is 16.0 Å². The number of alkyl halides is 1. The first kappa shape index (κ1) is 21.0. The van der Waals surface area contributed by atoms with E-state index in [0.717, 1.165) is 33.1 Å². The van der Waals surface area contributed by atoms with E-state index in [1.807, 2.05) is 61.5 Å². The van der Waals surface area contributed by atoms with E-state index in [9.17, 15) is 4.79 Å². The number of hydrogen-bond acceptors (Lipinski definition) is 6. The molecule has 0 atom stereocenters. The van der Waals surface area contributed by atoms with Crippen LogP contribution in [0.15, 0.2) is 54.6 Å². The van der Waals surface area contributed by atoms with E-state index in [1.54, 1.807) is 0 Å². The van der Waals surface area contributed by atoms with Crippen LogP contribution in [0.1, 0.15) is 18.5 Å². The lowest BCUT2D eigenvalue weighted by Gasteiger charge is -2.14. The van der Waals surface area contributed by atoms with Gasteiger partial charge in [-0.1, -0.05) is 46.9 Å². The van der Waals surface area contributed by atoms with E-state index in [1.165, 1.54) is 0 Å². The number of H-pyrrole nitrogens is 1. The fraction of sp³-hybridized carbons (Fsp3) is 0.182. The van der Waals surface area contributed by atoms with E-state index in [2.05, 4.69) is 58.7 Å². The molecule has 0 spiro atoms. The third kappa shape index (κ3) is 5.29. The molecule has 0 aliphatic carbocycles. The number of fused-ring (bicyclic) bond motifs is 1. The second-order valence-electron chi connectivity index (χ2n) is 6.99. The number of para-hydroxylation sites is 3. The highest BCUT2D eigenvalue weighted by Gasteiger charge is 2.12. The van der Waals surface area contributed by atoms with Gasteiger partial charge in [0, 0.05) is 28.0 Å². The monoisotopic (exact) mass is 527 g/mol. The van der Waals surface area contributed by atoms with Crippen molar-refractivity contribution in [1.82, 2.24) is 20.2 Å². The third-order valence-corrected chi connectivity index (χ3v) is 5.30. The van der Waals surface area contributed by atoms with Gasteiger partial charge in [0.15, 0.2) is 5.82 Å². The van der Waals surface area contributed by atoms with Crippen molar-refractivity contribution in [3.05, 3.63) is 60.3 Å². The van der Waals surface area contributed by atoms with Crippen LogP contribution in [-0.2, 0) is 4.79 Å². The maximum atomic E-state index is 12.2. The Morgan fingerprint density at radius 2 is 1.81 bits per heavy atom. The molecule has 0 saturated heterocycles. The van der Waals surface area contributed by atoms with Gasteiger partial charge in [0.1, 0.15) is 5.82 Å². The smallest absolute Gasteiger partial charge is 0.229 e. The molecule has 2 aromatic carbocycles. The van der Waals surface area contributed by atoms with Crippen LogP contribution in [0, 0.1) is 6.92 Å². The van der Waals surface area contributed by atoms with Gasteiger partial charge in [-0.2, -0.15) is 10.1 Å². The summed E-state index contributed by atoms with van der Waals surface area (Å²) in [4.78, 5) is 21.5. The van der Waals surface area contributed by atoms with Crippen molar-refractivity contribution in [2.45, 2.75) is 19.8 Å². The highest BCUT2D eigenvalue weighted by atomic mass is 127. The Morgan fingerprint density at radius 3 is 2.58 bits per heavy atom. The Kier molecular flexibility index (Phi) is 6.60. The Hall–Kier alpha value is -3.21. The number of anilines is 5. The third-order valence-electron chi connectivity index (χ3n) is 4.54. The molecule has 2 aromatic heterocycles. The number of aryl methyl sites for hydroxylation is 1. The molecule has 0 unspecified atom stereocenters. The zero-order chi connectivity index (χ0) is 21.6. The minimum absolute atomic E-state index is 0.0124. The van der Waals surface area contributed by atoms with Crippen molar-refractivity contribution in [1.29, 1.82) is 0 Å². The second-order valence-corrected chi connectivity index (χ2v) is 8.06. The minimum Gasteiger partial charge on any atom is -0.324 e. The predicted molar refractivity (Wildman–Crippen MR) is 133 cm³/mol. The number of nitrogens with zero attached hydrogens (tertiary/aromatic N) is 3. The van der Waals surface area contributed by atoms with E-state index < -0.39 is 0 Å². The van der Waals surface area contributed by atoms with Crippen LogP contribution >= 0.6 is 22.6 Å². The van der Waals surface area contributed by atoms with Crippen LogP contribution in [0.2, 0.25) is 0 Å². The van der Waals surface area contributed by atoms with Gasteiger partial charge in [0.2, 0.25) is 11.9 Å². The van der Waals surface area contributed by atoms with Gasteiger partial charge in [-0.05, 0) is 37.6 Å². The molecule has 2 heterocycles. The molecular weight excluding hydrogens is 505 g/mol. The first-order valence-electron chi connectivity index (χ1n) is 9.90. The molecule has 158 valence electrons. The molecule has 9 heteroatoms. The van der Waals surface area contributed by atoms with Crippen molar-refractivity contribution >= 4 is 68.4 Å². The standard InChI is InChI=1S/C22H22IN7O/c1-14-13-19(30-29-14)27-21-15-7-2-3-8-16(15)25-22(28-21)26-18-10-5-4-9-17(18)24-20(31)11-6-12-23/h2-5,7-10,13H,6,11-12H2,1H3,(H,24,31)(H3,25,26,27,28,29,30). The van der Waals surface area contributed by atoms with E-state index in [0.29, 0.717) is 29.7 Å². The molecule has 0 bridgehead atoms. The number of hydrogen-bond donors (Lipinski definition) is 4. The summed E-state index contributed by atoms with van der Waals surface area (Å²) in [6, 6.07) is 17.2. The molecule has 8 nitrogen and oxygen atoms in total. The maximum Gasteiger partial charge on any atom is 0.229 e. The molecule has 0 fully saturated rings. The van der Waals surface area contributed by atoms with E-state index in [-0.39, 0.29) is 5.91 Å². The maximum absolute atomic E-state index is 12.2. The van der Waals surface area contributed by atoms with E-state index >= 15 is 0 Å². The molecule has 31 heavy (non-hydrogen) atoms. The first-order chi connectivity index (χ1) is 15.1. The molecule has 4 N–H and O–H groups in total. The average Bonchev–Trinajstić information content (AvgIpc) is 3.18. The Labute approximate surface area is 193 Å². The lowest BCUT2D eigenvalue weighted by Crippen LogP contribution is -2.13. The summed E-state index contributed by atoms with van der Waals surface area (Å²) in [6.45, 7) is 1.94. The van der Waals surface area contributed by atoms with Gasteiger partial charge in [-0.3, -0.25) is 9.89 Å². The summed E-state index contributed by atoms with van der Waals surface area (Å²) >= 11 is 2.27. The number of benzene rings is 2. The number of aromatic amines is 1. The first-order valence-corrected chi connectivity index (χ1v) is 11.4. The van der Waals surface area contributed by atoms with Crippen LogP contribution in [0.5, 0.6) is 0 Å². The largest absolute Gasteiger partial charge is 0.324 e. The van der Waals surface area contributed by atoms with Gasteiger partial charge in [0.25, 0.3) is 0 Å². The molecule has 0 aliphatic rings. The SMILES string of the molecule is Cc1cc(Nc2nc(Nc3ccccc3NC(=O)CCCI)nc3ccccc23)n[nH]1. The molecule has 4 aromatic rings. The number of carbonyl (C=O) groups is 1. The molecular formula is C22H22IN7O. The van der Waals surface area contributed by atoms with Gasteiger partial charge in [-0.15, -0.1) is 0 Å². The zero-order valence-corrected chi connectivity index (χ0v) is 19.1. The fourth-order valence-corrected chi connectivity index (χ4v) is 3.47. The highest BCUT2D eigenvalue weighted by molar-refractivity contribution is 14.1. The van der Waals surface area contributed by atoms with Crippen LogP contribution in [0.4, 0.5) is 29.0 Å². The van der Waals surface area contributed by atoms with Crippen molar-refractivity contribution in [3.8, 4) is 0 Å².